The Bertz CT molecular complexity index is 77.2. The van der Waals surface area contributed by atoms with Crippen LogP contribution >= 0.6 is 0 Å². The highest BCUT2D eigenvalue weighted by Gasteiger charge is 2.05. The second-order valence-electron chi connectivity index (χ2n) is 3.44. The van der Waals surface area contributed by atoms with E-state index in [4.69, 9.17) is 0 Å². The molecule has 0 unspecified atom stereocenters. The van der Waals surface area contributed by atoms with Gasteiger partial charge in [0.15, 0.2) is 0 Å². The van der Waals surface area contributed by atoms with Crippen LogP contribution in [0.15, 0.2) is 0 Å². The molecule has 0 atom stereocenters. The molecule has 82 valence electrons. The summed E-state index contributed by atoms with van der Waals surface area (Å²) < 4.78 is 0. The monoisotopic (exact) mass is 187 g/mol. The highest BCUT2D eigenvalue weighted by molar-refractivity contribution is 4.59. The lowest BCUT2D eigenvalue weighted by Crippen LogP contribution is -2.25. The molecule has 0 spiro atoms. The van der Waals surface area contributed by atoms with Crippen molar-refractivity contribution in [2.45, 2.75) is 53.9 Å². The molecule has 0 aromatic heterocycles. The first kappa shape index (κ1) is 15.4. The average molecular weight is 187 g/mol. The minimum absolute atomic E-state index is 0.909. The highest BCUT2D eigenvalue weighted by Crippen LogP contribution is 2.08. The highest BCUT2D eigenvalue weighted by atomic mass is 15.1. The zero-order valence-corrected chi connectivity index (χ0v) is 10.6. The Morgan fingerprint density at radius 1 is 1.00 bits per heavy atom. The molecular formula is C12H29N. The predicted molar refractivity (Wildman–Crippen MR) is 63.2 cm³/mol. The third-order valence-corrected chi connectivity index (χ3v) is 2.33. The molecule has 1 heteroatoms. The first-order valence-electron chi connectivity index (χ1n) is 5.93. The van der Waals surface area contributed by atoms with Crippen molar-refractivity contribution in [1.82, 2.24) is 4.90 Å². The first-order chi connectivity index (χ1) is 6.24. The van der Waals surface area contributed by atoms with Crippen molar-refractivity contribution >= 4 is 0 Å². The molecular weight excluding hydrogens is 158 g/mol. The van der Waals surface area contributed by atoms with E-state index in [1.54, 1.807) is 0 Å². The van der Waals surface area contributed by atoms with Crippen LogP contribution in [0.25, 0.3) is 0 Å². The Balaban J connectivity index is 0. The van der Waals surface area contributed by atoms with Gasteiger partial charge in [0.1, 0.15) is 0 Å². The van der Waals surface area contributed by atoms with Crippen molar-refractivity contribution in [3.05, 3.63) is 0 Å². The lowest BCUT2D eigenvalue weighted by Gasteiger charge is -2.21. The quantitative estimate of drug-likeness (QED) is 0.611. The zero-order chi connectivity index (χ0) is 10.7. The number of nitrogens with zero attached hydrogens (tertiary/aromatic N) is 1. The molecule has 0 fully saturated rings. The van der Waals surface area contributed by atoms with Crippen molar-refractivity contribution in [3.8, 4) is 0 Å². The smallest absolute Gasteiger partial charge is 0.000640 e. The summed E-state index contributed by atoms with van der Waals surface area (Å²) in [6.45, 7) is 13.3. The number of hydrogen-bond donors (Lipinski definition) is 0. The molecule has 0 rings (SSSR count). The van der Waals surface area contributed by atoms with Gasteiger partial charge >= 0.3 is 0 Å². The molecule has 0 aliphatic rings. The van der Waals surface area contributed by atoms with Crippen LogP contribution in [0.3, 0.4) is 0 Å². The molecule has 0 amide bonds. The van der Waals surface area contributed by atoms with Crippen molar-refractivity contribution in [2.75, 3.05) is 20.1 Å². The van der Waals surface area contributed by atoms with E-state index >= 15 is 0 Å². The Labute approximate surface area is 85.5 Å². The molecule has 0 heterocycles. The van der Waals surface area contributed by atoms with Crippen molar-refractivity contribution in [1.29, 1.82) is 0 Å². The maximum absolute atomic E-state index is 2.44. The van der Waals surface area contributed by atoms with E-state index in [1.807, 2.05) is 13.8 Å². The van der Waals surface area contributed by atoms with Gasteiger partial charge in [-0.3, -0.25) is 0 Å². The van der Waals surface area contributed by atoms with Crippen molar-refractivity contribution < 1.29 is 0 Å². The fraction of sp³-hybridized carbons (Fsp3) is 1.00. The summed E-state index contributed by atoms with van der Waals surface area (Å²) in [7, 11) is 2.22. The second-order valence-corrected chi connectivity index (χ2v) is 3.44. The number of rotatable bonds is 6. The topological polar surface area (TPSA) is 3.24 Å². The molecule has 0 saturated carbocycles. The first-order valence-corrected chi connectivity index (χ1v) is 5.93. The predicted octanol–water partition coefficient (Wildman–Crippen LogP) is 3.79. The van der Waals surface area contributed by atoms with Gasteiger partial charge in [-0.05, 0) is 25.9 Å². The van der Waals surface area contributed by atoms with Gasteiger partial charge in [0.2, 0.25) is 0 Å². The Kier molecular flexibility index (Phi) is 14.2. The van der Waals surface area contributed by atoms with Crippen LogP contribution in [-0.4, -0.2) is 25.0 Å². The molecule has 13 heavy (non-hydrogen) atoms. The maximum Gasteiger partial charge on any atom is 0.000640 e. The van der Waals surface area contributed by atoms with Gasteiger partial charge < -0.3 is 4.90 Å². The molecule has 0 aliphatic carbocycles. The summed E-state index contributed by atoms with van der Waals surface area (Å²) in [5, 5.41) is 0. The summed E-state index contributed by atoms with van der Waals surface area (Å²) in [4.78, 5) is 2.44. The minimum Gasteiger partial charge on any atom is -0.306 e. The average Bonchev–Trinajstić information content (AvgIpc) is 2.18. The lowest BCUT2D eigenvalue weighted by molar-refractivity contribution is 0.267. The molecule has 0 N–H and O–H groups in total. The molecule has 0 aliphatic heterocycles. The van der Waals surface area contributed by atoms with Crippen LogP contribution < -0.4 is 0 Å². The fourth-order valence-corrected chi connectivity index (χ4v) is 1.46. The van der Waals surface area contributed by atoms with Crippen molar-refractivity contribution in [3.63, 3.8) is 0 Å². The summed E-state index contributed by atoms with van der Waals surface area (Å²) in [6.07, 6.45) is 3.92. The van der Waals surface area contributed by atoms with Gasteiger partial charge in [0.05, 0.1) is 0 Å². The van der Waals surface area contributed by atoms with E-state index < -0.39 is 0 Å². The molecule has 0 saturated heterocycles. The van der Waals surface area contributed by atoms with Gasteiger partial charge in [0, 0.05) is 6.54 Å². The Morgan fingerprint density at radius 3 is 1.77 bits per heavy atom. The molecule has 0 radical (unpaired) electrons. The van der Waals surface area contributed by atoms with E-state index in [0.717, 1.165) is 5.92 Å². The fourth-order valence-electron chi connectivity index (χ4n) is 1.46. The third-order valence-electron chi connectivity index (χ3n) is 2.33. The van der Waals surface area contributed by atoms with Crippen LogP contribution in [0.2, 0.25) is 0 Å². The summed E-state index contributed by atoms with van der Waals surface area (Å²) in [5.41, 5.74) is 0. The summed E-state index contributed by atoms with van der Waals surface area (Å²) in [6, 6.07) is 0. The van der Waals surface area contributed by atoms with E-state index in [1.165, 1.54) is 32.4 Å². The van der Waals surface area contributed by atoms with Gasteiger partial charge in [-0.1, -0.05) is 47.5 Å². The second kappa shape index (κ2) is 12.0. The molecule has 0 bridgehead atoms. The van der Waals surface area contributed by atoms with Gasteiger partial charge in [0.25, 0.3) is 0 Å². The van der Waals surface area contributed by atoms with Gasteiger partial charge in [-0.15, -0.1) is 0 Å². The normalized spacial score (nSPS) is 10.2. The Morgan fingerprint density at radius 2 is 1.46 bits per heavy atom. The third kappa shape index (κ3) is 9.88. The SMILES string of the molecule is CC.CCCN(C)CC(CC)CC. The Hall–Kier alpha value is -0.0400. The van der Waals surface area contributed by atoms with Crippen LogP contribution in [0, 0.1) is 5.92 Å². The number of hydrogen-bond acceptors (Lipinski definition) is 1. The van der Waals surface area contributed by atoms with Crippen LogP contribution in [0.1, 0.15) is 53.9 Å². The zero-order valence-electron chi connectivity index (χ0n) is 10.6. The van der Waals surface area contributed by atoms with E-state index in [2.05, 4.69) is 32.7 Å². The van der Waals surface area contributed by atoms with Crippen molar-refractivity contribution in [2.24, 2.45) is 5.92 Å². The van der Waals surface area contributed by atoms with Gasteiger partial charge in [-0.25, -0.2) is 0 Å². The molecule has 0 aromatic carbocycles. The standard InChI is InChI=1S/C10H23N.C2H6/c1-5-8-11(4)9-10(6-2)7-3;1-2/h10H,5-9H2,1-4H3;1-2H3. The van der Waals surface area contributed by atoms with E-state index in [0.29, 0.717) is 0 Å². The maximum atomic E-state index is 2.44. The lowest BCUT2D eigenvalue weighted by atomic mass is 10.0. The summed E-state index contributed by atoms with van der Waals surface area (Å²) in [5.74, 6) is 0.909. The van der Waals surface area contributed by atoms with E-state index in [-0.39, 0.29) is 0 Å². The minimum atomic E-state index is 0.909. The summed E-state index contributed by atoms with van der Waals surface area (Å²) >= 11 is 0. The van der Waals surface area contributed by atoms with E-state index in [9.17, 15) is 0 Å². The molecule has 0 aromatic rings. The van der Waals surface area contributed by atoms with Crippen LogP contribution in [-0.2, 0) is 0 Å². The van der Waals surface area contributed by atoms with Crippen LogP contribution in [0.5, 0.6) is 0 Å². The van der Waals surface area contributed by atoms with Crippen LogP contribution in [0.4, 0.5) is 0 Å². The van der Waals surface area contributed by atoms with Gasteiger partial charge in [-0.2, -0.15) is 0 Å². The largest absolute Gasteiger partial charge is 0.306 e. The molecule has 1 nitrogen and oxygen atoms in total.